The van der Waals surface area contributed by atoms with Crippen LogP contribution in [0.2, 0.25) is 0 Å². The van der Waals surface area contributed by atoms with Crippen molar-refractivity contribution >= 4 is 11.6 Å². The zero-order valence-electron chi connectivity index (χ0n) is 14.5. The Kier molecular flexibility index (Phi) is 4.63. The van der Waals surface area contributed by atoms with E-state index in [1.54, 1.807) is 12.4 Å². The molecule has 1 saturated heterocycles. The molecule has 0 aliphatic carbocycles. The van der Waals surface area contributed by atoms with E-state index in [-0.39, 0.29) is 5.91 Å². The fraction of sp³-hybridized carbons (Fsp3) is 0.450. The summed E-state index contributed by atoms with van der Waals surface area (Å²) < 4.78 is 0. The second-order valence-corrected chi connectivity index (χ2v) is 6.90. The summed E-state index contributed by atoms with van der Waals surface area (Å²) in [5.41, 5.74) is 3.76. The lowest BCUT2D eigenvalue weighted by atomic mass is 9.93. The second kappa shape index (κ2) is 7.21. The van der Waals surface area contributed by atoms with E-state index < -0.39 is 0 Å². The SMILES string of the molecule is O=C(CCN1CCc2ccccc21)N1CCC(c2cnccn2)CC1. The van der Waals surface area contributed by atoms with Gasteiger partial charge < -0.3 is 9.80 Å². The van der Waals surface area contributed by atoms with Gasteiger partial charge in [0.05, 0.1) is 5.69 Å². The van der Waals surface area contributed by atoms with Crippen molar-refractivity contribution in [3.05, 3.63) is 54.1 Å². The highest BCUT2D eigenvalue weighted by Gasteiger charge is 2.25. The molecule has 5 nitrogen and oxygen atoms in total. The van der Waals surface area contributed by atoms with Gasteiger partial charge in [0.2, 0.25) is 5.91 Å². The third kappa shape index (κ3) is 3.50. The average Bonchev–Trinajstić information content (AvgIpc) is 3.10. The topological polar surface area (TPSA) is 49.3 Å². The largest absolute Gasteiger partial charge is 0.370 e. The number of amides is 1. The van der Waals surface area contributed by atoms with Gasteiger partial charge in [-0.1, -0.05) is 18.2 Å². The molecular weight excluding hydrogens is 312 g/mol. The van der Waals surface area contributed by atoms with E-state index in [2.05, 4.69) is 39.1 Å². The summed E-state index contributed by atoms with van der Waals surface area (Å²) >= 11 is 0. The highest BCUT2D eigenvalue weighted by atomic mass is 16.2. The molecule has 0 bridgehead atoms. The van der Waals surface area contributed by atoms with Crippen LogP contribution in [0.5, 0.6) is 0 Å². The van der Waals surface area contributed by atoms with E-state index in [0.717, 1.165) is 51.1 Å². The van der Waals surface area contributed by atoms with Crippen LogP contribution in [0.4, 0.5) is 5.69 Å². The minimum Gasteiger partial charge on any atom is -0.370 e. The predicted molar refractivity (Wildman–Crippen MR) is 97.6 cm³/mol. The van der Waals surface area contributed by atoms with E-state index in [1.807, 2.05) is 11.1 Å². The summed E-state index contributed by atoms with van der Waals surface area (Å²) in [4.78, 5) is 25.5. The minimum absolute atomic E-state index is 0.280. The van der Waals surface area contributed by atoms with Crippen LogP contribution in [-0.4, -0.2) is 47.0 Å². The van der Waals surface area contributed by atoms with Crippen molar-refractivity contribution in [2.24, 2.45) is 0 Å². The van der Waals surface area contributed by atoms with Crippen molar-refractivity contribution in [2.75, 3.05) is 31.1 Å². The van der Waals surface area contributed by atoms with Crippen molar-refractivity contribution in [1.29, 1.82) is 0 Å². The first-order valence-electron chi connectivity index (χ1n) is 9.18. The number of para-hydroxylation sites is 1. The van der Waals surface area contributed by atoms with Crippen LogP contribution in [0.3, 0.4) is 0 Å². The summed E-state index contributed by atoms with van der Waals surface area (Å²) in [6.07, 6.45) is 8.97. The third-order valence-electron chi connectivity index (χ3n) is 5.43. The number of hydrogen-bond donors (Lipinski definition) is 0. The lowest BCUT2D eigenvalue weighted by Crippen LogP contribution is -2.39. The van der Waals surface area contributed by atoms with Gasteiger partial charge in [-0.25, -0.2) is 0 Å². The summed E-state index contributed by atoms with van der Waals surface area (Å²) in [7, 11) is 0. The molecular formula is C20H24N4O. The van der Waals surface area contributed by atoms with Gasteiger partial charge in [-0.15, -0.1) is 0 Å². The number of anilines is 1. The van der Waals surface area contributed by atoms with Crippen molar-refractivity contribution in [1.82, 2.24) is 14.9 Å². The van der Waals surface area contributed by atoms with Crippen molar-refractivity contribution in [3.8, 4) is 0 Å². The Labute approximate surface area is 148 Å². The summed E-state index contributed by atoms with van der Waals surface area (Å²) in [5, 5.41) is 0. The number of nitrogens with zero attached hydrogens (tertiary/aromatic N) is 4. The molecule has 2 aliphatic rings. The van der Waals surface area contributed by atoms with Gasteiger partial charge in [-0.05, 0) is 30.9 Å². The van der Waals surface area contributed by atoms with Crippen LogP contribution in [0.15, 0.2) is 42.9 Å². The van der Waals surface area contributed by atoms with Crippen LogP contribution in [-0.2, 0) is 11.2 Å². The Bertz CT molecular complexity index is 725. The van der Waals surface area contributed by atoms with E-state index in [1.165, 1.54) is 11.3 Å². The molecule has 0 saturated carbocycles. The number of carbonyl (C=O) groups is 1. The van der Waals surface area contributed by atoms with Gasteiger partial charge in [0, 0.05) is 62.8 Å². The fourth-order valence-corrected chi connectivity index (χ4v) is 3.97. The molecule has 0 spiro atoms. The quantitative estimate of drug-likeness (QED) is 0.861. The van der Waals surface area contributed by atoms with Crippen LogP contribution >= 0.6 is 0 Å². The predicted octanol–water partition coefficient (Wildman–Crippen LogP) is 2.64. The Morgan fingerprint density at radius 1 is 1.12 bits per heavy atom. The Balaban J connectivity index is 1.27. The molecule has 1 aromatic heterocycles. The standard InChI is InChI=1S/C20H24N4O/c25-20(8-14-23-11-7-17-3-1-2-4-19(17)23)24-12-5-16(6-13-24)18-15-21-9-10-22-18/h1-4,9-10,15-16H,5-8,11-14H2. The smallest absolute Gasteiger partial charge is 0.224 e. The molecule has 5 heteroatoms. The third-order valence-corrected chi connectivity index (χ3v) is 5.43. The second-order valence-electron chi connectivity index (χ2n) is 6.90. The molecule has 25 heavy (non-hydrogen) atoms. The first kappa shape index (κ1) is 16.1. The summed E-state index contributed by atoms with van der Waals surface area (Å²) in [6, 6.07) is 8.53. The average molecular weight is 336 g/mol. The summed E-state index contributed by atoms with van der Waals surface area (Å²) in [6.45, 7) is 3.51. The Morgan fingerprint density at radius 2 is 1.96 bits per heavy atom. The first-order valence-corrected chi connectivity index (χ1v) is 9.18. The number of likely N-dealkylation sites (tertiary alicyclic amines) is 1. The van der Waals surface area contributed by atoms with Crippen LogP contribution < -0.4 is 4.90 Å². The molecule has 0 unspecified atom stereocenters. The molecule has 1 aromatic carbocycles. The molecule has 4 rings (SSSR count). The number of carbonyl (C=O) groups excluding carboxylic acids is 1. The Morgan fingerprint density at radius 3 is 2.76 bits per heavy atom. The fourth-order valence-electron chi connectivity index (χ4n) is 3.97. The van der Waals surface area contributed by atoms with Crippen LogP contribution in [0, 0.1) is 0 Å². The highest BCUT2D eigenvalue weighted by Crippen LogP contribution is 2.28. The van der Waals surface area contributed by atoms with Gasteiger partial charge in [0.1, 0.15) is 0 Å². The first-order chi connectivity index (χ1) is 12.3. The molecule has 3 heterocycles. The Hall–Kier alpha value is -2.43. The van der Waals surface area contributed by atoms with Crippen molar-refractivity contribution in [3.63, 3.8) is 0 Å². The summed E-state index contributed by atoms with van der Waals surface area (Å²) in [5.74, 6) is 0.713. The number of piperidine rings is 1. The number of rotatable bonds is 4. The molecule has 1 fully saturated rings. The van der Waals surface area contributed by atoms with E-state index >= 15 is 0 Å². The molecule has 0 N–H and O–H groups in total. The normalized spacial score (nSPS) is 17.6. The maximum absolute atomic E-state index is 12.6. The molecule has 1 amide bonds. The van der Waals surface area contributed by atoms with E-state index in [0.29, 0.717) is 12.3 Å². The van der Waals surface area contributed by atoms with E-state index in [9.17, 15) is 4.79 Å². The monoisotopic (exact) mass is 336 g/mol. The van der Waals surface area contributed by atoms with Gasteiger partial charge >= 0.3 is 0 Å². The molecule has 0 radical (unpaired) electrons. The molecule has 2 aromatic rings. The van der Waals surface area contributed by atoms with Gasteiger partial charge in [0.15, 0.2) is 0 Å². The lowest BCUT2D eigenvalue weighted by molar-refractivity contribution is -0.132. The maximum atomic E-state index is 12.6. The highest BCUT2D eigenvalue weighted by molar-refractivity contribution is 5.77. The lowest BCUT2D eigenvalue weighted by Gasteiger charge is -2.32. The van der Waals surface area contributed by atoms with Gasteiger partial charge in [-0.2, -0.15) is 0 Å². The maximum Gasteiger partial charge on any atom is 0.224 e. The van der Waals surface area contributed by atoms with Gasteiger partial charge in [-0.3, -0.25) is 14.8 Å². The number of hydrogen-bond acceptors (Lipinski definition) is 4. The zero-order chi connectivity index (χ0) is 17.1. The molecule has 130 valence electrons. The molecule has 2 aliphatic heterocycles. The molecule has 0 atom stereocenters. The van der Waals surface area contributed by atoms with Crippen LogP contribution in [0.25, 0.3) is 0 Å². The van der Waals surface area contributed by atoms with Crippen LogP contribution in [0.1, 0.15) is 36.4 Å². The number of benzene rings is 1. The van der Waals surface area contributed by atoms with E-state index in [4.69, 9.17) is 0 Å². The number of fused-ring (bicyclic) bond motifs is 1. The van der Waals surface area contributed by atoms with Gasteiger partial charge in [0.25, 0.3) is 0 Å². The van der Waals surface area contributed by atoms with Crippen molar-refractivity contribution in [2.45, 2.75) is 31.6 Å². The van der Waals surface area contributed by atoms with Crippen molar-refractivity contribution < 1.29 is 4.79 Å². The zero-order valence-corrected chi connectivity index (χ0v) is 14.5. The minimum atomic E-state index is 0.280. The number of aromatic nitrogens is 2.